The zero-order chi connectivity index (χ0) is 22.5. The molecule has 1 aliphatic heterocycles. The summed E-state index contributed by atoms with van der Waals surface area (Å²) in [6.45, 7) is 4.46. The Hall–Kier alpha value is -2.90. The molecule has 2 aromatic carbocycles. The number of methoxy groups -OCH3 is 2. The largest absolute Gasteiger partial charge is 0.493 e. The van der Waals surface area contributed by atoms with Crippen LogP contribution in [-0.2, 0) is 0 Å². The van der Waals surface area contributed by atoms with E-state index in [1.165, 1.54) is 12.8 Å². The number of benzene rings is 2. The smallest absolute Gasteiger partial charge is 0.271 e. The van der Waals surface area contributed by atoms with Gasteiger partial charge in [0.15, 0.2) is 11.5 Å². The molecule has 0 radical (unpaired) electrons. The minimum Gasteiger partial charge on any atom is -0.493 e. The molecule has 2 heterocycles. The van der Waals surface area contributed by atoms with Gasteiger partial charge in [-0.3, -0.25) is 9.69 Å². The van der Waals surface area contributed by atoms with E-state index >= 15 is 0 Å². The first kappa shape index (κ1) is 22.3. The predicted molar refractivity (Wildman–Crippen MR) is 128 cm³/mol. The number of aromatic nitrogens is 1. The Morgan fingerprint density at radius 1 is 1.09 bits per heavy atom. The molecule has 1 fully saturated rings. The van der Waals surface area contributed by atoms with Crippen LogP contribution >= 0.6 is 11.3 Å². The van der Waals surface area contributed by atoms with E-state index < -0.39 is 0 Å². The second-order valence-electron chi connectivity index (χ2n) is 7.86. The van der Waals surface area contributed by atoms with Crippen LogP contribution in [0.5, 0.6) is 11.5 Å². The van der Waals surface area contributed by atoms with Crippen molar-refractivity contribution in [1.82, 2.24) is 15.2 Å². The molecule has 3 aromatic rings. The summed E-state index contributed by atoms with van der Waals surface area (Å²) in [5, 5.41) is 4.04. The van der Waals surface area contributed by atoms with Crippen molar-refractivity contribution in [1.29, 1.82) is 0 Å². The van der Waals surface area contributed by atoms with E-state index in [-0.39, 0.29) is 11.9 Å². The van der Waals surface area contributed by atoms with E-state index in [1.807, 2.05) is 49.4 Å². The van der Waals surface area contributed by atoms with E-state index in [4.69, 9.17) is 9.47 Å². The van der Waals surface area contributed by atoms with Crippen molar-refractivity contribution in [3.05, 3.63) is 64.8 Å². The van der Waals surface area contributed by atoms with Crippen molar-refractivity contribution >= 4 is 17.2 Å². The number of carbonyl (C=O) groups excluding carboxylic acids is 1. The van der Waals surface area contributed by atoms with E-state index in [0.717, 1.165) is 34.1 Å². The van der Waals surface area contributed by atoms with Crippen molar-refractivity contribution in [2.45, 2.75) is 25.8 Å². The third kappa shape index (κ3) is 4.79. The van der Waals surface area contributed by atoms with Gasteiger partial charge in [-0.15, -0.1) is 11.3 Å². The summed E-state index contributed by atoms with van der Waals surface area (Å²) < 4.78 is 10.9. The van der Waals surface area contributed by atoms with Crippen molar-refractivity contribution in [3.8, 4) is 21.9 Å². The average molecular weight is 452 g/mol. The lowest BCUT2D eigenvalue weighted by Gasteiger charge is -2.28. The summed E-state index contributed by atoms with van der Waals surface area (Å²) in [5.41, 5.74) is 2.60. The Morgan fingerprint density at radius 3 is 2.50 bits per heavy atom. The zero-order valence-electron chi connectivity index (χ0n) is 18.8. The van der Waals surface area contributed by atoms with Gasteiger partial charge >= 0.3 is 0 Å². The summed E-state index contributed by atoms with van der Waals surface area (Å²) in [7, 11) is 3.28. The number of nitrogens with zero attached hydrogens (tertiary/aromatic N) is 2. The second kappa shape index (κ2) is 10.1. The maximum Gasteiger partial charge on any atom is 0.271 e. The Morgan fingerprint density at radius 2 is 1.81 bits per heavy atom. The zero-order valence-corrected chi connectivity index (χ0v) is 19.6. The third-order valence-corrected chi connectivity index (χ3v) is 6.83. The van der Waals surface area contributed by atoms with Gasteiger partial charge in [0, 0.05) is 6.54 Å². The van der Waals surface area contributed by atoms with Gasteiger partial charge in [-0.05, 0) is 56.1 Å². The topological polar surface area (TPSA) is 63.7 Å². The molecule has 1 aromatic heterocycles. The predicted octanol–water partition coefficient (Wildman–Crippen LogP) is 4.70. The molecule has 1 atom stereocenters. The van der Waals surface area contributed by atoms with Crippen molar-refractivity contribution in [2.75, 3.05) is 33.9 Å². The van der Waals surface area contributed by atoms with Crippen LogP contribution in [0.2, 0.25) is 0 Å². The fourth-order valence-electron chi connectivity index (χ4n) is 4.21. The SMILES string of the molecule is COc1ccc(C(CNC(=O)c2nc(C)sc2-c2ccccc2)N2CCCC2)cc1OC. The molecule has 0 aliphatic carbocycles. The quantitative estimate of drug-likeness (QED) is 0.538. The molecular formula is C25H29N3O3S. The highest BCUT2D eigenvalue weighted by Crippen LogP contribution is 2.34. The third-order valence-electron chi connectivity index (χ3n) is 5.81. The molecule has 0 saturated carbocycles. The summed E-state index contributed by atoms with van der Waals surface area (Å²) in [4.78, 5) is 21.1. The van der Waals surface area contributed by atoms with Crippen LogP contribution in [0.4, 0.5) is 0 Å². The molecule has 168 valence electrons. The van der Waals surface area contributed by atoms with Crippen LogP contribution in [-0.4, -0.2) is 49.6 Å². The molecule has 1 N–H and O–H groups in total. The Bertz CT molecular complexity index is 1060. The molecular weight excluding hydrogens is 422 g/mol. The number of likely N-dealkylation sites (tertiary alicyclic amines) is 1. The Balaban J connectivity index is 1.57. The lowest BCUT2D eigenvalue weighted by atomic mass is 10.0. The molecule has 1 aliphatic rings. The summed E-state index contributed by atoms with van der Waals surface area (Å²) >= 11 is 1.55. The normalized spacial score (nSPS) is 14.8. The van der Waals surface area contributed by atoms with Gasteiger partial charge in [-0.2, -0.15) is 0 Å². The Kier molecular flexibility index (Phi) is 7.07. The first-order chi connectivity index (χ1) is 15.6. The monoisotopic (exact) mass is 451 g/mol. The molecule has 0 bridgehead atoms. The first-order valence-corrected chi connectivity index (χ1v) is 11.7. The maximum absolute atomic E-state index is 13.2. The van der Waals surface area contributed by atoms with Crippen LogP contribution in [0.1, 0.15) is 39.9 Å². The minimum atomic E-state index is -0.141. The molecule has 6 nitrogen and oxygen atoms in total. The van der Waals surface area contributed by atoms with Crippen LogP contribution in [0.3, 0.4) is 0 Å². The molecule has 4 rings (SSSR count). The molecule has 7 heteroatoms. The lowest BCUT2D eigenvalue weighted by Crippen LogP contribution is -2.37. The van der Waals surface area contributed by atoms with Crippen molar-refractivity contribution in [2.24, 2.45) is 0 Å². The van der Waals surface area contributed by atoms with Gasteiger partial charge in [0.2, 0.25) is 0 Å². The van der Waals surface area contributed by atoms with Gasteiger partial charge in [0.1, 0.15) is 5.69 Å². The van der Waals surface area contributed by atoms with E-state index in [1.54, 1.807) is 25.6 Å². The highest BCUT2D eigenvalue weighted by atomic mass is 32.1. The number of ether oxygens (including phenoxy) is 2. The van der Waals surface area contributed by atoms with Crippen LogP contribution < -0.4 is 14.8 Å². The number of rotatable bonds is 8. The van der Waals surface area contributed by atoms with Gasteiger partial charge in [0.05, 0.1) is 30.1 Å². The molecule has 32 heavy (non-hydrogen) atoms. The Labute approximate surface area is 193 Å². The van der Waals surface area contributed by atoms with Gasteiger partial charge < -0.3 is 14.8 Å². The molecule has 0 spiro atoms. The second-order valence-corrected chi connectivity index (χ2v) is 9.06. The number of nitrogens with one attached hydrogen (secondary N) is 1. The van der Waals surface area contributed by atoms with Crippen molar-refractivity contribution in [3.63, 3.8) is 0 Å². The van der Waals surface area contributed by atoms with E-state index in [0.29, 0.717) is 23.7 Å². The number of hydrogen-bond acceptors (Lipinski definition) is 6. The molecule has 1 amide bonds. The van der Waals surface area contributed by atoms with Crippen molar-refractivity contribution < 1.29 is 14.3 Å². The number of amides is 1. The maximum atomic E-state index is 13.2. The fraction of sp³-hybridized carbons (Fsp3) is 0.360. The van der Waals surface area contributed by atoms with E-state index in [2.05, 4.69) is 21.3 Å². The molecule has 1 unspecified atom stereocenters. The van der Waals surface area contributed by atoms with Gasteiger partial charge in [-0.25, -0.2) is 4.98 Å². The molecule has 1 saturated heterocycles. The summed E-state index contributed by atoms with van der Waals surface area (Å²) in [6, 6.07) is 16.0. The summed E-state index contributed by atoms with van der Waals surface area (Å²) in [6.07, 6.45) is 2.34. The van der Waals surface area contributed by atoms with Crippen LogP contribution in [0.25, 0.3) is 10.4 Å². The first-order valence-electron chi connectivity index (χ1n) is 10.9. The van der Waals surface area contributed by atoms with Crippen LogP contribution in [0.15, 0.2) is 48.5 Å². The standard InChI is InChI=1S/C25H29N3O3S/c1-17-27-23(24(32-17)18-9-5-4-6-10-18)25(29)26-16-20(28-13-7-8-14-28)19-11-12-21(30-2)22(15-19)31-3/h4-6,9-12,15,20H,7-8,13-14,16H2,1-3H3,(H,26,29). The van der Waals surface area contributed by atoms with E-state index in [9.17, 15) is 4.79 Å². The lowest BCUT2D eigenvalue weighted by molar-refractivity contribution is 0.0934. The average Bonchev–Trinajstić information content (AvgIpc) is 3.49. The summed E-state index contributed by atoms with van der Waals surface area (Å²) in [5.74, 6) is 1.26. The number of carbonyl (C=O) groups is 1. The minimum absolute atomic E-state index is 0.0566. The highest BCUT2D eigenvalue weighted by molar-refractivity contribution is 7.15. The number of aryl methyl sites for hydroxylation is 1. The number of thiazole rings is 1. The fourth-order valence-corrected chi connectivity index (χ4v) is 5.13. The van der Waals surface area contributed by atoms with Gasteiger partial charge in [-0.1, -0.05) is 36.4 Å². The highest BCUT2D eigenvalue weighted by Gasteiger charge is 2.26. The van der Waals surface area contributed by atoms with Crippen LogP contribution in [0, 0.1) is 6.92 Å². The number of hydrogen-bond donors (Lipinski definition) is 1. The van der Waals surface area contributed by atoms with Gasteiger partial charge in [0.25, 0.3) is 5.91 Å².